The summed E-state index contributed by atoms with van der Waals surface area (Å²) in [5.74, 6) is -0.170. The molecule has 0 aliphatic rings. The van der Waals surface area contributed by atoms with E-state index in [-0.39, 0.29) is 11.1 Å². The Balaban J connectivity index is 2.46. The average molecular weight is 262 g/mol. The molecule has 6 heteroatoms. The van der Waals surface area contributed by atoms with Gasteiger partial charge in [0, 0.05) is 0 Å². The topological polar surface area (TPSA) is 9.23 Å². The number of halogens is 5. The summed E-state index contributed by atoms with van der Waals surface area (Å²) in [6, 6.07) is 6.97. The first-order chi connectivity index (χ1) is 8.36. The van der Waals surface area contributed by atoms with Gasteiger partial charge in [0.25, 0.3) is 0 Å². The molecule has 2 aromatic carbocycles. The average Bonchev–Trinajstić information content (AvgIpc) is 2.26. The van der Waals surface area contributed by atoms with Crippen LogP contribution in [0.25, 0.3) is 10.8 Å². The van der Waals surface area contributed by atoms with Crippen molar-refractivity contribution in [2.75, 3.05) is 0 Å². The van der Waals surface area contributed by atoms with Crippen molar-refractivity contribution in [1.82, 2.24) is 0 Å². The lowest BCUT2D eigenvalue weighted by molar-refractivity contribution is -0.137. The molecule has 2 aromatic rings. The maximum absolute atomic E-state index is 12.5. The molecule has 0 amide bonds. The van der Waals surface area contributed by atoms with Crippen molar-refractivity contribution in [2.45, 2.75) is 12.8 Å². The van der Waals surface area contributed by atoms with E-state index in [9.17, 15) is 22.0 Å². The molecule has 18 heavy (non-hydrogen) atoms. The Morgan fingerprint density at radius 2 is 1.56 bits per heavy atom. The van der Waals surface area contributed by atoms with Gasteiger partial charge in [-0.25, -0.2) is 0 Å². The van der Waals surface area contributed by atoms with E-state index >= 15 is 0 Å². The fraction of sp³-hybridized carbons (Fsp3) is 0.167. The van der Waals surface area contributed by atoms with Gasteiger partial charge in [-0.15, -0.1) is 0 Å². The number of hydrogen-bond donors (Lipinski definition) is 0. The third-order valence-electron chi connectivity index (χ3n) is 2.36. The molecule has 0 radical (unpaired) electrons. The van der Waals surface area contributed by atoms with Crippen molar-refractivity contribution in [3.63, 3.8) is 0 Å². The van der Waals surface area contributed by atoms with E-state index in [1.165, 1.54) is 18.2 Å². The zero-order chi connectivity index (χ0) is 13.3. The summed E-state index contributed by atoms with van der Waals surface area (Å²) in [4.78, 5) is 0. The highest BCUT2D eigenvalue weighted by Gasteiger charge is 2.30. The van der Waals surface area contributed by atoms with Crippen LogP contribution in [0.4, 0.5) is 22.0 Å². The zero-order valence-electron chi connectivity index (χ0n) is 8.84. The van der Waals surface area contributed by atoms with Gasteiger partial charge in [0.05, 0.1) is 5.56 Å². The monoisotopic (exact) mass is 262 g/mol. The van der Waals surface area contributed by atoms with Crippen LogP contribution < -0.4 is 4.74 Å². The molecule has 0 N–H and O–H groups in total. The Bertz CT molecular complexity index is 562. The molecule has 0 atom stereocenters. The first-order valence-electron chi connectivity index (χ1n) is 4.92. The van der Waals surface area contributed by atoms with Crippen LogP contribution in [0, 0.1) is 0 Å². The van der Waals surface area contributed by atoms with Crippen LogP contribution in [0.3, 0.4) is 0 Å². The highest BCUT2D eigenvalue weighted by atomic mass is 19.4. The minimum absolute atomic E-state index is 0.170. The molecule has 1 nitrogen and oxygen atoms in total. The second-order valence-corrected chi connectivity index (χ2v) is 3.60. The van der Waals surface area contributed by atoms with Crippen molar-refractivity contribution in [1.29, 1.82) is 0 Å². The van der Waals surface area contributed by atoms with Gasteiger partial charge in [-0.2, -0.15) is 22.0 Å². The van der Waals surface area contributed by atoms with E-state index < -0.39 is 18.4 Å². The van der Waals surface area contributed by atoms with Gasteiger partial charge in [0.2, 0.25) is 0 Å². The predicted molar refractivity (Wildman–Crippen MR) is 55.6 cm³/mol. The minimum Gasteiger partial charge on any atom is -0.435 e. The van der Waals surface area contributed by atoms with Crippen molar-refractivity contribution in [2.24, 2.45) is 0 Å². The van der Waals surface area contributed by atoms with Crippen LogP contribution in [0.1, 0.15) is 5.56 Å². The molecule has 0 unspecified atom stereocenters. The van der Waals surface area contributed by atoms with E-state index in [4.69, 9.17) is 0 Å². The maximum Gasteiger partial charge on any atom is 0.416 e. The van der Waals surface area contributed by atoms with Gasteiger partial charge >= 0.3 is 12.8 Å². The zero-order valence-corrected chi connectivity index (χ0v) is 8.84. The first-order valence-corrected chi connectivity index (χ1v) is 4.92. The molecule has 2 rings (SSSR count). The van der Waals surface area contributed by atoms with Gasteiger partial charge in [-0.05, 0) is 35.0 Å². The van der Waals surface area contributed by atoms with Crippen molar-refractivity contribution in [3.8, 4) is 5.75 Å². The van der Waals surface area contributed by atoms with Gasteiger partial charge in [-0.1, -0.05) is 12.1 Å². The molecule has 0 fully saturated rings. The molecular weight excluding hydrogens is 255 g/mol. The van der Waals surface area contributed by atoms with Gasteiger partial charge in [0.15, 0.2) is 0 Å². The summed E-state index contributed by atoms with van der Waals surface area (Å²) >= 11 is 0. The number of hydrogen-bond acceptors (Lipinski definition) is 1. The predicted octanol–water partition coefficient (Wildman–Crippen LogP) is 4.46. The van der Waals surface area contributed by atoms with E-state index in [0.717, 1.165) is 18.2 Å². The molecule has 0 spiro atoms. The van der Waals surface area contributed by atoms with E-state index in [2.05, 4.69) is 4.74 Å². The normalized spacial score (nSPS) is 12.1. The van der Waals surface area contributed by atoms with E-state index in [1.54, 1.807) is 0 Å². The van der Waals surface area contributed by atoms with Gasteiger partial charge < -0.3 is 4.74 Å². The first kappa shape index (κ1) is 12.6. The van der Waals surface area contributed by atoms with Crippen LogP contribution in [-0.2, 0) is 6.18 Å². The van der Waals surface area contributed by atoms with E-state index in [1.807, 2.05) is 0 Å². The van der Waals surface area contributed by atoms with Crippen LogP contribution in [0.15, 0.2) is 36.4 Å². The molecule has 0 aliphatic carbocycles. The Hall–Kier alpha value is -1.85. The lowest BCUT2D eigenvalue weighted by Crippen LogP contribution is -2.04. The standard InChI is InChI=1S/C12H7F5O/c13-11(14)18-10-4-2-7-1-3-9(12(15,16)17)5-8(7)6-10/h1-6,11H. The second-order valence-electron chi connectivity index (χ2n) is 3.60. The lowest BCUT2D eigenvalue weighted by atomic mass is 10.1. The number of ether oxygens (including phenoxy) is 1. The molecule has 0 bridgehead atoms. The van der Waals surface area contributed by atoms with Crippen molar-refractivity contribution < 1.29 is 26.7 Å². The summed E-state index contributed by atoms with van der Waals surface area (Å²) in [7, 11) is 0. The van der Waals surface area contributed by atoms with Gasteiger partial charge in [-0.3, -0.25) is 0 Å². The number of alkyl halides is 5. The molecule has 0 saturated carbocycles. The smallest absolute Gasteiger partial charge is 0.416 e. The highest BCUT2D eigenvalue weighted by Crippen LogP contribution is 2.32. The van der Waals surface area contributed by atoms with Crippen LogP contribution >= 0.6 is 0 Å². The summed E-state index contributed by atoms with van der Waals surface area (Å²) < 4.78 is 65.5. The van der Waals surface area contributed by atoms with Crippen LogP contribution in [0.5, 0.6) is 5.75 Å². The highest BCUT2D eigenvalue weighted by molar-refractivity contribution is 5.84. The van der Waals surface area contributed by atoms with Crippen LogP contribution in [0.2, 0.25) is 0 Å². The number of rotatable bonds is 2. The summed E-state index contributed by atoms with van der Waals surface area (Å²) in [6.45, 7) is -3.01. The second kappa shape index (κ2) is 4.44. The molecule has 0 saturated heterocycles. The Morgan fingerprint density at radius 3 is 2.17 bits per heavy atom. The quantitative estimate of drug-likeness (QED) is 0.726. The Morgan fingerprint density at radius 1 is 0.889 bits per heavy atom. The lowest BCUT2D eigenvalue weighted by Gasteiger charge is -2.09. The largest absolute Gasteiger partial charge is 0.435 e. The summed E-state index contributed by atoms with van der Waals surface area (Å²) in [5, 5.41) is 0.715. The van der Waals surface area contributed by atoms with Crippen LogP contribution in [-0.4, -0.2) is 6.61 Å². The maximum atomic E-state index is 12.5. The molecule has 96 valence electrons. The SMILES string of the molecule is FC(F)Oc1ccc2ccc(C(F)(F)F)cc2c1. The van der Waals surface area contributed by atoms with Crippen molar-refractivity contribution >= 4 is 10.8 Å². The fourth-order valence-electron chi connectivity index (χ4n) is 1.58. The summed E-state index contributed by atoms with van der Waals surface area (Å²) in [5.41, 5.74) is -0.829. The third-order valence-corrected chi connectivity index (χ3v) is 2.36. The van der Waals surface area contributed by atoms with E-state index in [0.29, 0.717) is 5.39 Å². The summed E-state index contributed by atoms with van der Waals surface area (Å²) in [6.07, 6.45) is -4.46. The molecule has 0 aromatic heterocycles. The Labute approximate surface area is 98.8 Å². The number of benzene rings is 2. The molecule has 0 heterocycles. The minimum atomic E-state index is -4.46. The molecular formula is C12H7F5O. The van der Waals surface area contributed by atoms with Gasteiger partial charge in [0.1, 0.15) is 5.75 Å². The Kier molecular flexibility index (Phi) is 3.11. The molecule has 0 aliphatic heterocycles. The third kappa shape index (κ3) is 2.69. The number of fused-ring (bicyclic) bond motifs is 1. The van der Waals surface area contributed by atoms with Crippen molar-refractivity contribution in [3.05, 3.63) is 42.0 Å². The fourth-order valence-corrected chi connectivity index (χ4v) is 1.58.